The predicted octanol–water partition coefficient (Wildman–Crippen LogP) is 7.52. The molecule has 0 spiro atoms. The van der Waals surface area contributed by atoms with Gasteiger partial charge in [-0.25, -0.2) is 13.2 Å². The van der Waals surface area contributed by atoms with Crippen molar-refractivity contribution >= 4 is 0 Å². The van der Waals surface area contributed by atoms with Crippen LogP contribution in [0, 0.1) is 43.1 Å². The van der Waals surface area contributed by atoms with Crippen molar-refractivity contribution in [2.75, 3.05) is 0 Å². The lowest BCUT2D eigenvalue weighted by Crippen LogP contribution is -1.95. The third-order valence-electron chi connectivity index (χ3n) is 5.21. The molecule has 0 aliphatic rings. The van der Waals surface area contributed by atoms with Gasteiger partial charge in [-0.1, -0.05) is 55.9 Å². The summed E-state index contributed by atoms with van der Waals surface area (Å²) in [5.74, 6) is 4.30. The van der Waals surface area contributed by atoms with Gasteiger partial charge in [-0.05, 0) is 78.8 Å². The Hall–Kier alpha value is -2.99. The fraction of sp³-hybridized carbons (Fsp3) is 0.259. The van der Waals surface area contributed by atoms with Crippen molar-refractivity contribution in [3.05, 3.63) is 93.8 Å². The largest absolute Gasteiger partial charge is 0.207 e. The van der Waals surface area contributed by atoms with Crippen LogP contribution in [0.4, 0.5) is 13.2 Å². The highest BCUT2D eigenvalue weighted by Crippen LogP contribution is 2.24. The van der Waals surface area contributed by atoms with Crippen LogP contribution in [0.3, 0.4) is 0 Å². The van der Waals surface area contributed by atoms with Crippen LogP contribution in [-0.2, 0) is 6.42 Å². The summed E-state index contributed by atoms with van der Waals surface area (Å²) in [6, 6.07) is 12.8. The van der Waals surface area contributed by atoms with Crippen LogP contribution in [-0.4, -0.2) is 0 Å². The highest BCUT2D eigenvalue weighted by atomic mass is 19.1. The molecule has 3 aromatic carbocycles. The van der Waals surface area contributed by atoms with Crippen LogP contribution in [0.2, 0.25) is 0 Å². The minimum Gasteiger partial charge on any atom is -0.207 e. The van der Waals surface area contributed by atoms with Gasteiger partial charge in [0.15, 0.2) is 0 Å². The lowest BCUT2D eigenvalue weighted by molar-refractivity contribution is 0.617. The van der Waals surface area contributed by atoms with E-state index in [9.17, 15) is 13.2 Å². The number of benzene rings is 3. The zero-order valence-electron chi connectivity index (χ0n) is 17.6. The maximum absolute atomic E-state index is 14.6. The average molecular weight is 406 g/mol. The minimum absolute atomic E-state index is 0.178. The van der Waals surface area contributed by atoms with Gasteiger partial charge in [0.25, 0.3) is 0 Å². The van der Waals surface area contributed by atoms with Crippen LogP contribution in [0.1, 0.15) is 54.0 Å². The van der Waals surface area contributed by atoms with E-state index in [1.807, 2.05) is 13.0 Å². The van der Waals surface area contributed by atoms with E-state index in [4.69, 9.17) is 0 Å². The smallest absolute Gasteiger partial charge is 0.139 e. The molecule has 0 heterocycles. The standard InChI is InChI=1S/C27H25F3/c1-4-5-6-7-20-14-19(3)24(27(30)15-20)13-12-21-10-11-23(17-26(21)29)22-9-8-18(2)25(28)16-22/h8-11,14-17H,4-7H2,1-3H3. The number of hydrogen-bond donors (Lipinski definition) is 0. The van der Waals surface area contributed by atoms with E-state index < -0.39 is 5.82 Å². The number of aryl methyl sites for hydroxylation is 3. The van der Waals surface area contributed by atoms with E-state index in [1.54, 1.807) is 31.2 Å². The molecule has 3 heteroatoms. The minimum atomic E-state index is -0.518. The Morgan fingerprint density at radius 3 is 2.03 bits per heavy atom. The third kappa shape index (κ3) is 5.13. The molecular formula is C27H25F3. The molecular weight excluding hydrogens is 381 g/mol. The fourth-order valence-electron chi connectivity index (χ4n) is 3.40. The van der Waals surface area contributed by atoms with Gasteiger partial charge < -0.3 is 0 Å². The summed E-state index contributed by atoms with van der Waals surface area (Å²) >= 11 is 0. The zero-order chi connectivity index (χ0) is 21.7. The molecule has 0 radical (unpaired) electrons. The summed E-state index contributed by atoms with van der Waals surface area (Å²) in [5, 5.41) is 0. The second-order valence-electron chi connectivity index (χ2n) is 7.64. The van der Waals surface area contributed by atoms with Crippen molar-refractivity contribution in [1.82, 2.24) is 0 Å². The van der Waals surface area contributed by atoms with Gasteiger partial charge in [-0.3, -0.25) is 0 Å². The Morgan fingerprint density at radius 2 is 1.40 bits per heavy atom. The topological polar surface area (TPSA) is 0 Å². The molecule has 0 atom stereocenters. The van der Waals surface area contributed by atoms with Crippen LogP contribution in [0.5, 0.6) is 0 Å². The first-order valence-electron chi connectivity index (χ1n) is 10.3. The van der Waals surface area contributed by atoms with E-state index in [0.717, 1.165) is 36.8 Å². The second-order valence-corrected chi connectivity index (χ2v) is 7.64. The first-order chi connectivity index (χ1) is 14.4. The van der Waals surface area contributed by atoms with Crippen molar-refractivity contribution < 1.29 is 13.2 Å². The first-order valence-corrected chi connectivity index (χ1v) is 10.3. The molecule has 3 aromatic rings. The molecule has 0 N–H and O–H groups in total. The molecule has 0 bridgehead atoms. The molecule has 0 unspecified atom stereocenters. The molecule has 0 fully saturated rings. The van der Waals surface area contributed by atoms with Crippen molar-refractivity contribution in [2.24, 2.45) is 0 Å². The first kappa shape index (κ1) is 21.7. The molecule has 154 valence electrons. The maximum atomic E-state index is 14.6. The Bertz CT molecular complexity index is 1090. The molecule has 0 nitrogen and oxygen atoms in total. The van der Waals surface area contributed by atoms with Crippen molar-refractivity contribution in [3.8, 4) is 23.0 Å². The monoisotopic (exact) mass is 406 g/mol. The summed E-state index contributed by atoms with van der Waals surface area (Å²) in [7, 11) is 0. The van der Waals surface area contributed by atoms with Crippen molar-refractivity contribution in [3.63, 3.8) is 0 Å². The van der Waals surface area contributed by atoms with Gasteiger partial charge in [-0.15, -0.1) is 0 Å². The number of unbranched alkanes of at least 4 members (excludes halogenated alkanes) is 2. The van der Waals surface area contributed by atoms with Gasteiger partial charge >= 0.3 is 0 Å². The normalized spacial score (nSPS) is 10.6. The molecule has 30 heavy (non-hydrogen) atoms. The van der Waals surface area contributed by atoms with E-state index in [-0.39, 0.29) is 17.2 Å². The summed E-state index contributed by atoms with van der Waals surface area (Å²) in [4.78, 5) is 0. The van der Waals surface area contributed by atoms with Gasteiger partial charge in [0.2, 0.25) is 0 Å². The second kappa shape index (κ2) is 9.67. The molecule has 0 saturated carbocycles. The van der Waals surface area contributed by atoms with Gasteiger partial charge in [0, 0.05) is 0 Å². The molecule has 0 saturated heterocycles. The average Bonchev–Trinajstić information content (AvgIpc) is 2.70. The van der Waals surface area contributed by atoms with Crippen molar-refractivity contribution in [2.45, 2.75) is 46.5 Å². The summed E-state index contributed by atoms with van der Waals surface area (Å²) < 4.78 is 42.9. The predicted molar refractivity (Wildman–Crippen MR) is 117 cm³/mol. The summed E-state index contributed by atoms with van der Waals surface area (Å²) in [6.45, 7) is 5.63. The molecule has 0 amide bonds. The summed E-state index contributed by atoms with van der Waals surface area (Å²) in [6.07, 6.45) is 4.11. The fourth-order valence-corrected chi connectivity index (χ4v) is 3.40. The molecule has 0 aliphatic carbocycles. The van der Waals surface area contributed by atoms with E-state index in [2.05, 4.69) is 18.8 Å². The number of halogens is 3. The van der Waals surface area contributed by atoms with Crippen LogP contribution >= 0.6 is 0 Å². The lowest BCUT2D eigenvalue weighted by Gasteiger charge is -2.06. The Kier molecular flexibility index (Phi) is 7.00. The van der Waals surface area contributed by atoms with Crippen LogP contribution in [0.15, 0.2) is 48.5 Å². The van der Waals surface area contributed by atoms with Gasteiger partial charge in [0.1, 0.15) is 17.5 Å². The van der Waals surface area contributed by atoms with Gasteiger partial charge in [-0.2, -0.15) is 0 Å². The quantitative estimate of drug-likeness (QED) is 0.304. The van der Waals surface area contributed by atoms with E-state index in [1.165, 1.54) is 18.2 Å². The summed E-state index contributed by atoms with van der Waals surface area (Å²) in [5.41, 5.74) is 3.88. The Labute approximate surface area is 176 Å². The molecule has 0 aliphatic heterocycles. The maximum Gasteiger partial charge on any atom is 0.139 e. The number of hydrogen-bond acceptors (Lipinski definition) is 0. The van der Waals surface area contributed by atoms with Crippen LogP contribution in [0.25, 0.3) is 11.1 Å². The highest BCUT2D eigenvalue weighted by Gasteiger charge is 2.08. The molecule has 3 rings (SSSR count). The number of rotatable bonds is 5. The van der Waals surface area contributed by atoms with E-state index in [0.29, 0.717) is 22.3 Å². The van der Waals surface area contributed by atoms with Crippen LogP contribution < -0.4 is 0 Å². The zero-order valence-corrected chi connectivity index (χ0v) is 17.6. The lowest BCUT2D eigenvalue weighted by atomic mass is 9.99. The van der Waals surface area contributed by atoms with E-state index >= 15 is 0 Å². The highest BCUT2D eigenvalue weighted by molar-refractivity contribution is 5.65. The third-order valence-corrected chi connectivity index (χ3v) is 5.21. The Morgan fingerprint density at radius 1 is 0.700 bits per heavy atom. The Balaban J connectivity index is 1.85. The van der Waals surface area contributed by atoms with Crippen molar-refractivity contribution in [1.29, 1.82) is 0 Å². The SMILES string of the molecule is CCCCCc1cc(C)c(C#Cc2ccc(-c3ccc(C)c(F)c3)cc2F)c(F)c1. The molecule has 0 aromatic heterocycles. The van der Waals surface area contributed by atoms with Gasteiger partial charge in [0.05, 0.1) is 11.1 Å².